The van der Waals surface area contributed by atoms with Gasteiger partial charge in [0.2, 0.25) is 5.91 Å². The quantitative estimate of drug-likeness (QED) is 0.628. The lowest BCUT2D eigenvalue weighted by atomic mass is 10.1. The number of rotatable bonds is 4. The summed E-state index contributed by atoms with van der Waals surface area (Å²) < 4.78 is 11.3. The molecule has 1 amide bonds. The lowest BCUT2D eigenvalue weighted by Crippen LogP contribution is -2.24. The van der Waals surface area contributed by atoms with E-state index in [1.165, 1.54) is 0 Å². The lowest BCUT2D eigenvalue weighted by molar-refractivity contribution is -0.128. The molecule has 8 heteroatoms. The first-order valence-corrected chi connectivity index (χ1v) is 8.88. The summed E-state index contributed by atoms with van der Waals surface area (Å²) in [5.74, 6) is 1.25. The number of benzene rings is 1. The van der Waals surface area contributed by atoms with Crippen molar-refractivity contribution in [3.05, 3.63) is 57.5 Å². The van der Waals surface area contributed by atoms with E-state index >= 15 is 0 Å². The van der Waals surface area contributed by atoms with Crippen molar-refractivity contribution in [2.24, 2.45) is 0 Å². The van der Waals surface area contributed by atoms with E-state index in [-0.39, 0.29) is 11.8 Å². The predicted octanol–water partition coefficient (Wildman–Crippen LogP) is 4.26. The summed E-state index contributed by atoms with van der Waals surface area (Å²) in [6.45, 7) is 1.01. The van der Waals surface area contributed by atoms with E-state index in [0.717, 1.165) is 5.56 Å². The molecular weight excluding hydrogens is 410 g/mol. The molecule has 1 aliphatic rings. The van der Waals surface area contributed by atoms with Gasteiger partial charge in [0.25, 0.3) is 5.89 Å². The number of carbonyl (C=O) groups excluding carboxylic acids is 1. The molecule has 6 nitrogen and oxygen atoms in total. The van der Waals surface area contributed by atoms with Gasteiger partial charge in [-0.1, -0.05) is 35.0 Å². The first-order chi connectivity index (χ1) is 12.1. The molecule has 1 aromatic carbocycles. The predicted molar refractivity (Wildman–Crippen MR) is 93.9 cm³/mol. The maximum atomic E-state index is 12.3. The fourth-order valence-electron chi connectivity index (χ4n) is 2.86. The zero-order chi connectivity index (χ0) is 17.4. The highest BCUT2D eigenvalue weighted by atomic mass is 79.9. The van der Waals surface area contributed by atoms with Gasteiger partial charge in [-0.3, -0.25) is 4.79 Å². The van der Waals surface area contributed by atoms with Crippen molar-refractivity contribution in [3.8, 4) is 11.7 Å². The van der Waals surface area contributed by atoms with Gasteiger partial charge in [0.1, 0.15) is 0 Å². The standard InChI is InChI=1S/C17H13BrClN3O3/c18-14-6-5-13(24-14)17-20-16(21-25-17)11-7-15(23)22(9-11)8-10-3-1-2-4-12(10)19/h1-6,11H,7-9H2. The topological polar surface area (TPSA) is 72.4 Å². The molecule has 0 saturated carbocycles. The molecule has 128 valence electrons. The molecule has 1 fully saturated rings. The fourth-order valence-corrected chi connectivity index (χ4v) is 3.36. The van der Waals surface area contributed by atoms with Crippen molar-refractivity contribution in [2.45, 2.75) is 18.9 Å². The van der Waals surface area contributed by atoms with Crippen LogP contribution in [0.5, 0.6) is 0 Å². The monoisotopic (exact) mass is 421 g/mol. The molecule has 0 N–H and O–H groups in total. The van der Waals surface area contributed by atoms with Crippen molar-refractivity contribution in [1.82, 2.24) is 15.0 Å². The van der Waals surface area contributed by atoms with Crippen LogP contribution < -0.4 is 0 Å². The molecule has 2 aromatic heterocycles. The van der Waals surface area contributed by atoms with Crippen LogP contribution in [0.2, 0.25) is 5.02 Å². The Morgan fingerprint density at radius 2 is 2.12 bits per heavy atom. The molecular formula is C17H13BrClN3O3. The lowest BCUT2D eigenvalue weighted by Gasteiger charge is -2.16. The van der Waals surface area contributed by atoms with Crippen LogP contribution in [-0.4, -0.2) is 27.5 Å². The van der Waals surface area contributed by atoms with Crippen LogP contribution in [0.25, 0.3) is 11.7 Å². The molecule has 4 rings (SSSR count). The highest BCUT2D eigenvalue weighted by Crippen LogP contribution is 2.31. The van der Waals surface area contributed by atoms with Gasteiger partial charge in [0, 0.05) is 30.5 Å². The Morgan fingerprint density at radius 1 is 1.28 bits per heavy atom. The van der Waals surface area contributed by atoms with Gasteiger partial charge in [-0.2, -0.15) is 4.98 Å². The third-order valence-electron chi connectivity index (χ3n) is 4.12. The van der Waals surface area contributed by atoms with Gasteiger partial charge in [-0.05, 0) is 39.7 Å². The Bertz CT molecular complexity index is 923. The minimum atomic E-state index is -0.106. The Hall–Kier alpha value is -2.12. The number of furan rings is 1. The van der Waals surface area contributed by atoms with E-state index in [1.807, 2.05) is 24.3 Å². The van der Waals surface area contributed by atoms with Gasteiger partial charge >= 0.3 is 0 Å². The van der Waals surface area contributed by atoms with Gasteiger partial charge in [-0.15, -0.1) is 0 Å². The summed E-state index contributed by atoms with van der Waals surface area (Å²) in [5, 5.41) is 4.67. The molecule has 25 heavy (non-hydrogen) atoms. The molecule has 1 saturated heterocycles. The highest BCUT2D eigenvalue weighted by molar-refractivity contribution is 9.10. The van der Waals surface area contributed by atoms with E-state index < -0.39 is 0 Å². The Kier molecular flexibility index (Phi) is 4.35. The molecule has 1 aliphatic heterocycles. The van der Waals surface area contributed by atoms with Gasteiger partial charge in [-0.25, -0.2) is 0 Å². The van der Waals surface area contributed by atoms with Crippen LogP contribution in [0.3, 0.4) is 0 Å². The second-order valence-electron chi connectivity index (χ2n) is 5.83. The Balaban J connectivity index is 1.49. The Labute approximate surface area is 156 Å². The number of likely N-dealkylation sites (tertiary alicyclic amines) is 1. The summed E-state index contributed by atoms with van der Waals surface area (Å²) in [7, 11) is 0. The minimum Gasteiger partial charge on any atom is -0.444 e. The van der Waals surface area contributed by atoms with E-state index in [4.69, 9.17) is 20.5 Å². The third-order valence-corrected chi connectivity index (χ3v) is 4.92. The van der Waals surface area contributed by atoms with Crippen LogP contribution in [0.15, 0.2) is 50.0 Å². The summed E-state index contributed by atoms with van der Waals surface area (Å²) in [5.41, 5.74) is 0.924. The zero-order valence-corrected chi connectivity index (χ0v) is 15.3. The SMILES string of the molecule is O=C1CC(c2noc(-c3ccc(Br)o3)n2)CN1Cc1ccccc1Cl. The first kappa shape index (κ1) is 16.4. The summed E-state index contributed by atoms with van der Waals surface area (Å²) in [6, 6.07) is 11.0. The average molecular weight is 423 g/mol. The molecule has 3 heterocycles. The van der Waals surface area contributed by atoms with Crippen LogP contribution in [0.4, 0.5) is 0 Å². The van der Waals surface area contributed by atoms with E-state index in [2.05, 4.69) is 26.1 Å². The number of hydrogen-bond donors (Lipinski definition) is 0. The number of hydrogen-bond acceptors (Lipinski definition) is 5. The fraction of sp³-hybridized carbons (Fsp3) is 0.235. The molecule has 0 spiro atoms. The van der Waals surface area contributed by atoms with Gasteiger partial charge in [0.05, 0.1) is 0 Å². The van der Waals surface area contributed by atoms with E-state index in [1.54, 1.807) is 17.0 Å². The summed E-state index contributed by atoms with van der Waals surface area (Å²) in [4.78, 5) is 18.5. The largest absolute Gasteiger partial charge is 0.444 e. The van der Waals surface area contributed by atoms with Crippen molar-refractivity contribution in [1.29, 1.82) is 0 Å². The third kappa shape index (κ3) is 3.34. The second kappa shape index (κ2) is 6.65. The number of aromatic nitrogens is 2. The van der Waals surface area contributed by atoms with E-state index in [0.29, 0.717) is 46.7 Å². The molecule has 1 unspecified atom stereocenters. The van der Waals surface area contributed by atoms with Crippen molar-refractivity contribution >= 4 is 33.4 Å². The average Bonchev–Trinajstić information content (AvgIpc) is 3.30. The molecule has 0 radical (unpaired) electrons. The number of halogens is 2. The maximum absolute atomic E-state index is 12.3. The van der Waals surface area contributed by atoms with Crippen LogP contribution in [0.1, 0.15) is 23.7 Å². The highest BCUT2D eigenvalue weighted by Gasteiger charge is 2.34. The number of amides is 1. The molecule has 3 aromatic rings. The summed E-state index contributed by atoms with van der Waals surface area (Å²) >= 11 is 9.42. The maximum Gasteiger partial charge on any atom is 0.293 e. The van der Waals surface area contributed by atoms with E-state index in [9.17, 15) is 4.79 Å². The van der Waals surface area contributed by atoms with Gasteiger partial charge < -0.3 is 13.8 Å². The Morgan fingerprint density at radius 3 is 2.88 bits per heavy atom. The van der Waals surface area contributed by atoms with Crippen molar-refractivity contribution in [2.75, 3.05) is 6.54 Å². The van der Waals surface area contributed by atoms with Gasteiger partial charge in [0.15, 0.2) is 16.3 Å². The summed E-state index contributed by atoms with van der Waals surface area (Å²) in [6.07, 6.45) is 0.352. The first-order valence-electron chi connectivity index (χ1n) is 7.70. The minimum absolute atomic E-state index is 0.0528. The normalized spacial score (nSPS) is 17.4. The number of carbonyl (C=O) groups is 1. The molecule has 0 aliphatic carbocycles. The molecule has 0 bridgehead atoms. The molecule has 1 atom stereocenters. The van der Waals surface area contributed by atoms with Crippen molar-refractivity contribution in [3.63, 3.8) is 0 Å². The second-order valence-corrected chi connectivity index (χ2v) is 7.02. The van der Waals surface area contributed by atoms with Crippen LogP contribution in [-0.2, 0) is 11.3 Å². The smallest absolute Gasteiger partial charge is 0.293 e. The van der Waals surface area contributed by atoms with Crippen molar-refractivity contribution < 1.29 is 13.7 Å². The number of nitrogens with zero attached hydrogens (tertiary/aromatic N) is 3. The van der Waals surface area contributed by atoms with Crippen LogP contribution >= 0.6 is 27.5 Å². The zero-order valence-electron chi connectivity index (χ0n) is 13.0. The van der Waals surface area contributed by atoms with Crippen LogP contribution in [0, 0.1) is 0 Å².